The first kappa shape index (κ1) is 14.1. The van der Waals surface area contributed by atoms with Crippen LogP contribution < -0.4 is 5.32 Å². The van der Waals surface area contributed by atoms with Crippen LogP contribution in [0.4, 0.5) is 4.79 Å². The van der Waals surface area contributed by atoms with E-state index in [-0.39, 0.29) is 12.5 Å². The molecule has 0 aromatic heterocycles. The highest BCUT2D eigenvalue weighted by Crippen LogP contribution is 2.35. The highest BCUT2D eigenvalue weighted by atomic mass is 16.7. The molecule has 1 heterocycles. The summed E-state index contributed by atoms with van der Waals surface area (Å²) < 4.78 is 4.56. The summed E-state index contributed by atoms with van der Waals surface area (Å²) in [7, 11) is 0. The van der Waals surface area contributed by atoms with Crippen molar-refractivity contribution in [3.63, 3.8) is 0 Å². The Hall–Kier alpha value is -2.30. The number of amides is 1. The molecule has 106 valence electrons. The first-order chi connectivity index (χ1) is 9.42. The fraction of sp³-hybridized carbons (Fsp3) is 0.333. The van der Waals surface area contributed by atoms with Gasteiger partial charge in [-0.15, -0.1) is 0 Å². The van der Waals surface area contributed by atoms with Gasteiger partial charge in [0.15, 0.2) is 0 Å². The molecule has 0 unspecified atom stereocenters. The number of carboxylic acid groups (broad SMARTS) is 1. The fourth-order valence-corrected chi connectivity index (χ4v) is 2.46. The van der Waals surface area contributed by atoms with E-state index in [1.54, 1.807) is 0 Å². The molecule has 1 aliphatic heterocycles. The molecule has 0 saturated heterocycles. The van der Waals surface area contributed by atoms with Crippen LogP contribution in [-0.4, -0.2) is 29.3 Å². The number of ether oxygens (including phenoxy) is 1. The van der Waals surface area contributed by atoms with E-state index < -0.39 is 11.7 Å². The largest absolute Gasteiger partial charge is 0.505 e. The second-order valence-corrected chi connectivity index (χ2v) is 5.16. The predicted octanol–water partition coefficient (Wildman–Crippen LogP) is 2.43. The Balaban J connectivity index is 2.34. The van der Waals surface area contributed by atoms with Gasteiger partial charge in [-0.25, -0.2) is 4.79 Å². The lowest BCUT2D eigenvalue weighted by atomic mass is 9.89. The lowest BCUT2D eigenvalue weighted by molar-refractivity contribution is -0.115. The minimum Gasteiger partial charge on any atom is -0.450 e. The zero-order valence-corrected chi connectivity index (χ0v) is 11.5. The average Bonchev–Trinajstić information content (AvgIpc) is 2.59. The normalized spacial score (nSPS) is 17.0. The highest BCUT2D eigenvalue weighted by Gasteiger charge is 2.37. The molecule has 0 bridgehead atoms. The van der Waals surface area contributed by atoms with Crippen LogP contribution in [-0.2, 0) is 9.53 Å². The Morgan fingerprint density at radius 2 is 1.95 bits per heavy atom. The second kappa shape index (κ2) is 5.36. The van der Waals surface area contributed by atoms with Crippen molar-refractivity contribution in [2.24, 2.45) is 0 Å². The maximum Gasteiger partial charge on any atom is 0.505 e. The lowest BCUT2D eigenvalue weighted by Gasteiger charge is -2.22. The van der Waals surface area contributed by atoms with Crippen molar-refractivity contribution >= 4 is 17.6 Å². The molecule has 0 spiro atoms. The molecule has 1 aliphatic rings. The van der Waals surface area contributed by atoms with Crippen molar-refractivity contribution in [2.75, 3.05) is 6.61 Å². The van der Waals surface area contributed by atoms with Gasteiger partial charge in [-0.1, -0.05) is 30.3 Å². The van der Waals surface area contributed by atoms with Gasteiger partial charge in [-0.3, -0.25) is 4.79 Å². The van der Waals surface area contributed by atoms with Crippen molar-refractivity contribution in [2.45, 2.75) is 25.8 Å². The van der Waals surface area contributed by atoms with Gasteiger partial charge in [0, 0.05) is 12.0 Å². The summed E-state index contributed by atoms with van der Waals surface area (Å²) >= 11 is 0. The summed E-state index contributed by atoms with van der Waals surface area (Å²) in [6, 6.07) is 9.36. The third-order valence-electron chi connectivity index (χ3n) is 3.35. The molecule has 2 rings (SSSR count). The summed E-state index contributed by atoms with van der Waals surface area (Å²) in [5, 5.41) is 11.4. The topological polar surface area (TPSA) is 75.6 Å². The van der Waals surface area contributed by atoms with Gasteiger partial charge >= 0.3 is 6.16 Å². The Morgan fingerprint density at radius 1 is 1.30 bits per heavy atom. The quantitative estimate of drug-likeness (QED) is 0.827. The Labute approximate surface area is 117 Å². The first-order valence-corrected chi connectivity index (χ1v) is 6.39. The SMILES string of the molecule is CC1(C)NC(=O)C(c2ccccc2)=C1CCOC(=O)O. The van der Waals surface area contributed by atoms with Crippen LogP contribution in [0.15, 0.2) is 35.9 Å². The molecule has 0 fully saturated rings. The van der Waals surface area contributed by atoms with E-state index in [4.69, 9.17) is 5.11 Å². The van der Waals surface area contributed by atoms with Crippen LogP contribution in [0.2, 0.25) is 0 Å². The highest BCUT2D eigenvalue weighted by molar-refractivity contribution is 6.23. The van der Waals surface area contributed by atoms with Crippen LogP contribution >= 0.6 is 0 Å². The molecule has 1 aromatic rings. The zero-order chi connectivity index (χ0) is 14.8. The number of benzene rings is 1. The molecule has 0 atom stereocenters. The van der Waals surface area contributed by atoms with E-state index in [9.17, 15) is 9.59 Å². The van der Waals surface area contributed by atoms with Gasteiger partial charge in [-0.2, -0.15) is 0 Å². The third-order valence-corrected chi connectivity index (χ3v) is 3.35. The third kappa shape index (κ3) is 2.82. The van der Waals surface area contributed by atoms with E-state index in [1.165, 1.54) is 0 Å². The second-order valence-electron chi connectivity index (χ2n) is 5.16. The molecule has 0 aliphatic carbocycles. The molecule has 5 nitrogen and oxygen atoms in total. The van der Waals surface area contributed by atoms with Gasteiger partial charge in [0.1, 0.15) is 0 Å². The molecular formula is C15H17NO4. The van der Waals surface area contributed by atoms with Crippen LogP contribution in [0.5, 0.6) is 0 Å². The predicted molar refractivity (Wildman–Crippen MR) is 74.2 cm³/mol. The number of carbonyl (C=O) groups excluding carboxylic acids is 1. The molecule has 5 heteroatoms. The van der Waals surface area contributed by atoms with Crippen LogP contribution in [0, 0.1) is 0 Å². The zero-order valence-electron chi connectivity index (χ0n) is 11.5. The monoisotopic (exact) mass is 275 g/mol. The Bertz CT molecular complexity index is 560. The van der Waals surface area contributed by atoms with Crippen molar-refractivity contribution in [3.8, 4) is 0 Å². The molecular weight excluding hydrogens is 258 g/mol. The van der Waals surface area contributed by atoms with Crippen LogP contribution in [0.3, 0.4) is 0 Å². The summed E-state index contributed by atoms with van der Waals surface area (Å²) in [5.74, 6) is -0.133. The Kier molecular flexibility index (Phi) is 3.79. The summed E-state index contributed by atoms with van der Waals surface area (Å²) in [6.07, 6.45) is -0.913. The van der Waals surface area contributed by atoms with E-state index in [2.05, 4.69) is 10.1 Å². The molecule has 20 heavy (non-hydrogen) atoms. The number of hydrogen-bond donors (Lipinski definition) is 2. The Morgan fingerprint density at radius 3 is 2.55 bits per heavy atom. The molecule has 1 aromatic carbocycles. The van der Waals surface area contributed by atoms with Gasteiger partial charge in [0.2, 0.25) is 0 Å². The van der Waals surface area contributed by atoms with E-state index >= 15 is 0 Å². The van der Waals surface area contributed by atoms with E-state index in [1.807, 2.05) is 44.2 Å². The maximum atomic E-state index is 12.2. The van der Waals surface area contributed by atoms with Gasteiger partial charge in [0.05, 0.1) is 12.1 Å². The van der Waals surface area contributed by atoms with Crippen molar-refractivity contribution in [3.05, 3.63) is 41.5 Å². The smallest absolute Gasteiger partial charge is 0.450 e. The fourth-order valence-electron chi connectivity index (χ4n) is 2.46. The molecule has 2 N–H and O–H groups in total. The maximum absolute atomic E-state index is 12.2. The van der Waals surface area contributed by atoms with E-state index in [0.717, 1.165) is 11.1 Å². The number of nitrogens with one attached hydrogen (secondary N) is 1. The number of rotatable bonds is 4. The summed E-state index contributed by atoms with van der Waals surface area (Å²) in [6.45, 7) is 3.84. The number of carbonyl (C=O) groups is 2. The van der Waals surface area contributed by atoms with Gasteiger partial charge in [0.25, 0.3) is 5.91 Å². The van der Waals surface area contributed by atoms with Crippen molar-refractivity contribution < 1.29 is 19.4 Å². The van der Waals surface area contributed by atoms with Gasteiger partial charge in [-0.05, 0) is 25.0 Å². The van der Waals surface area contributed by atoms with Crippen LogP contribution in [0.25, 0.3) is 5.57 Å². The van der Waals surface area contributed by atoms with Crippen LogP contribution in [0.1, 0.15) is 25.8 Å². The molecule has 0 saturated carbocycles. The van der Waals surface area contributed by atoms with E-state index in [0.29, 0.717) is 12.0 Å². The van der Waals surface area contributed by atoms with Crippen molar-refractivity contribution in [1.29, 1.82) is 0 Å². The lowest BCUT2D eigenvalue weighted by Crippen LogP contribution is -2.38. The van der Waals surface area contributed by atoms with Crippen molar-refractivity contribution in [1.82, 2.24) is 5.32 Å². The summed E-state index contributed by atoms with van der Waals surface area (Å²) in [5.41, 5.74) is 1.82. The standard InChI is InChI=1S/C15H17NO4/c1-15(2)11(8-9-20-14(18)19)12(13(17)16-15)10-6-4-3-5-7-10/h3-7H,8-9H2,1-2H3,(H,16,17)(H,18,19). The molecule has 0 radical (unpaired) electrons. The average molecular weight is 275 g/mol. The molecule has 1 amide bonds. The minimum absolute atomic E-state index is 0.0411. The van der Waals surface area contributed by atoms with Gasteiger partial charge < -0.3 is 15.2 Å². The first-order valence-electron chi connectivity index (χ1n) is 6.39. The minimum atomic E-state index is -1.30. The number of hydrogen-bond acceptors (Lipinski definition) is 3. The summed E-state index contributed by atoms with van der Waals surface area (Å²) in [4.78, 5) is 22.6.